The molecule has 0 saturated carbocycles. The van der Waals surface area contributed by atoms with Crippen LogP contribution < -0.4 is 10.6 Å². The highest BCUT2D eigenvalue weighted by Crippen LogP contribution is 2.26. The largest absolute Gasteiger partial charge is 0.322 e. The highest BCUT2D eigenvalue weighted by molar-refractivity contribution is 9.10. The number of halogens is 4. The summed E-state index contributed by atoms with van der Waals surface area (Å²) in [5.41, 5.74) is 0.683. The van der Waals surface area contributed by atoms with Crippen molar-refractivity contribution in [1.82, 2.24) is 0 Å². The Hall–Kier alpha value is -3.13. The van der Waals surface area contributed by atoms with E-state index in [1.165, 1.54) is 36.4 Å². The molecule has 3 aromatic carbocycles. The van der Waals surface area contributed by atoms with Gasteiger partial charge in [-0.2, -0.15) is 0 Å². The highest BCUT2D eigenvalue weighted by atomic mass is 79.9. The minimum absolute atomic E-state index is 0.0581. The van der Waals surface area contributed by atoms with Crippen molar-refractivity contribution >= 4 is 39.1 Å². The lowest BCUT2D eigenvalue weighted by atomic mass is 10.1. The molecule has 3 aromatic rings. The van der Waals surface area contributed by atoms with Gasteiger partial charge in [0.25, 0.3) is 11.8 Å². The first-order chi connectivity index (χ1) is 13.7. The number of nitrogens with one attached hydrogen (secondary N) is 2. The Morgan fingerprint density at radius 1 is 0.828 bits per heavy atom. The van der Waals surface area contributed by atoms with Crippen LogP contribution >= 0.6 is 15.9 Å². The van der Waals surface area contributed by atoms with Gasteiger partial charge in [0.1, 0.15) is 17.5 Å². The van der Waals surface area contributed by atoms with Crippen LogP contribution in [0.5, 0.6) is 0 Å². The van der Waals surface area contributed by atoms with E-state index < -0.39 is 29.3 Å². The van der Waals surface area contributed by atoms with Gasteiger partial charge >= 0.3 is 0 Å². The van der Waals surface area contributed by atoms with Crippen LogP contribution in [-0.2, 0) is 0 Å². The fourth-order valence-electron chi connectivity index (χ4n) is 2.54. The first-order valence-corrected chi connectivity index (χ1v) is 9.17. The lowest BCUT2D eigenvalue weighted by Crippen LogP contribution is -2.16. The van der Waals surface area contributed by atoms with E-state index in [9.17, 15) is 22.8 Å². The van der Waals surface area contributed by atoms with Crippen LogP contribution in [0.1, 0.15) is 26.3 Å². The predicted molar refractivity (Wildman–Crippen MR) is 108 cm³/mol. The molecule has 0 aliphatic heterocycles. The number of benzene rings is 3. The molecule has 0 fully saturated rings. The van der Waals surface area contributed by atoms with Crippen molar-refractivity contribution in [3.05, 3.63) is 93.2 Å². The molecule has 0 aromatic heterocycles. The molecule has 0 atom stereocenters. The van der Waals surface area contributed by atoms with Crippen molar-refractivity contribution < 1.29 is 22.8 Å². The third-order valence-electron chi connectivity index (χ3n) is 4.07. The first kappa shape index (κ1) is 20.6. The minimum Gasteiger partial charge on any atom is -0.322 e. The van der Waals surface area contributed by atoms with Crippen molar-refractivity contribution in [2.75, 3.05) is 10.6 Å². The molecule has 0 saturated heterocycles. The maximum Gasteiger partial charge on any atom is 0.256 e. The predicted octanol–water partition coefficient (Wildman–Crippen LogP) is 5.68. The van der Waals surface area contributed by atoms with E-state index in [4.69, 9.17) is 0 Å². The van der Waals surface area contributed by atoms with Gasteiger partial charge in [0.2, 0.25) is 0 Å². The quantitative estimate of drug-likeness (QED) is 0.523. The number of hydrogen-bond acceptors (Lipinski definition) is 2. The molecule has 0 spiro atoms. The van der Waals surface area contributed by atoms with Crippen LogP contribution in [0.2, 0.25) is 0 Å². The number of carbonyl (C=O) groups is 2. The van der Waals surface area contributed by atoms with Crippen molar-refractivity contribution in [2.24, 2.45) is 0 Å². The zero-order valence-electron chi connectivity index (χ0n) is 15.0. The number of carbonyl (C=O) groups excluding carboxylic acids is 2. The number of amides is 2. The standard InChI is InChI=1S/C21H14BrF3N2O2/c1-11-8-14(6-7-17(11)24)26-21(29)15-9-19(18(25)10-16(15)22)27-20(28)12-2-4-13(23)5-3-12/h2-10H,1H3,(H,26,29)(H,27,28). The highest BCUT2D eigenvalue weighted by Gasteiger charge is 2.17. The van der Waals surface area contributed by atoms with Gasteiger partial charge in [0, 0.05) is 15.7 Å². The fourth-order valence-corrected chi connectivity index (χ4v) is 3.03. The van der Waals surface area contributed by atoms with Crippen molar-refractivity contribution in [3.8, 4) is 0 Å². The van der Waals surface area contributed by atoms with Crippen molar-refractivity contribution in [3.63, 3.8) is 0 Å². The number of rotatable bonds is 4. The average molecular weight is 463 g/mol. The number of aryl methyl sites for hydroxylation is 1. The zero-order valence-corrected chi connectivity index (χ0v) is 16.6. The number of hydrogen-bond donors (Lipinski definition) is 2. The molecule has 3 rings (SSSR count). The molecule has 2 N–H and O–H groups in total. The van der Waals surface area contributed by atoms with Crippen molar-refractivity contribution in [1.29, 1.82) is 0 Å². The topological polar surface area (TPSA) is 58.2 Å². The van der Waals surface area contributed by atoms with Gasteiger partial charge in [-0.15, -0.1) is 0 Å². The first-order valence-electron chi connectivity index (χ1n) is 8.38. The Bertz CT molecular complexity index is 1100. The van der Waals surface area contributed by atoms with Crippen LogP contribution in [0.3, 0.4) is 0 Å². The molecule has 4 nitrogen and oxygen atoms in total. The van der Waals surface area contributed by atoms with Crippen LogP contribution in [0.4, 0.5) is 24.5 Å². The summed E-state index contributed by atoms with van der Waals surface area (Å²) in [7, 11) is 0. The monoisotopic (exact) mass is 462 g/mol. The van der Waals surface area contributed by atoms with Gasteiger partial charge in [-0.1, -0.05) is 0 Å². The van der Waals surface area contributed by atoms with Gasteiger partial charge in [0.05, 0.1) is 11.3 Å². The van der Waals surface area contributed by atoms with E-state index in [-0.39, 0.29) is 21.3 Å². The fraction of sp³-hybridized carbons (Fsp3) is 0.0476. The molecule has 0 aliphatic rings. The molecule has 2 amide bonds. The minimum atomic E-state index is -0.762. The molecule has 0 bridgehead atoms. The Morgan fingerprint density at radius 2 is 1.52 bits per heavy atom. The van der Waals surface area contributed by atoms with E-state index in [2.05, 4.69) is 26.6 Å². The van der Waals surface area contributed by atoms with E-state index in [1.807, 2.05) is 0 Å². The zero-order chi connectivity index (χ0) is 21.1. The second-order valence-electron chi connectivity index (χ2n) is 6.19. The normalized spacial score (nSPS) is 10.5. The maximum atomic E-state index is 14.3. The molecule has 148 valence electrons. The average Bonchev–Trinajstić information content (AvgIpc) is 2.67. The van der Waals surface area contributed by atoms with Crippen LogP contribution in [0.15, 0.2) is 59.1 Å². The molecule has 29 heavy (non-hydrogen) atoms. The van der Waals surface area contributed by atoms with Gasteiger partial charge in [0.15, 0.2) is 0 Å². The van der Waals surface area contributed by atoms with E-state index in [1.54, 1.807) is 6.92 Å². The summed E-state index contributed by atoms with van der Waals surface area (Å²) >= 11 is 3.13. The molecule has 0 unspecified atom stereocenters. The summed E-state index contributed by atoms with van der Waals surface area (Å²) in [6.45, 7) is 1.56. The van der Waals surface area contributed by atoms with Crippen molar-refractivity contribution in [2.45, 2.75) is 6.92 Å². The molecular weight excluding hydrogens is 449 g/mol. The third kappa shape index (κ3) is 4.83. The Kier molecular flexibility index (Phi) is 6.03. The van der Waals surface area contributed by atoms with E-state index in [0.717, 1.165) is 18.2 Å². The van der Waals surface area contributed by atoms with Gasteiger partial charge < -0.3 is 10.6 Å². The number of anilines is 2. The maximum absolute atomic E-state index is 14.3. The van der Waals surface area contributed by atoms with Crippen LogP contribution in [0.25, 0.3) is 0 Å². The van der Waals surface area contributed by atoms with Crippen LogP contribution in [0, 0.1) is 24.4 Å². The van der Waals surface area contributed by atoms with Gasteiger partial charge in [-0.25, -0.2) is 13.2 Å². The SMILES string of the molecule is Cc1cc(NC(=O)c2cc(NC(=O)c3ccc(F)cc3)c(F)cc2Br)ccc1F. The second kappa shape index (κ2) is 8.48. The van der Waals surface area contributed by atoms with Gasteiger partial charge in [-0.3, -0.25) is 9.59 Å². The second-order valence-corrected chi connectivity index (χ2v) is 7.05. The summed E-state index contributed by atoms with van der Waals surface area (Å²) < 4.78 is 40.8. The molecule has 0 heterocycles. The lowest BCUT2D eigenvalue weighted by Gasteiger charge is -2.12. The Balaban J connectivity index is 1.84. The summed E-state index contributed by atoms with van der Waals surface area (Å²) in [5.74, 6) is -2.92. The van der Waals surface area contributed by atoms with E-state index >= 15 is 0 Å². The molecule has 8 heteroatoms. The van der Waals surface area contributed by atoms with Crippen LogP contribution in [-0.4, -0.2) is 11.8 Å². The summed E-state index contributed by atoms with van der Waals surface area (Å²) in [6.07, 6.45) is 0. The molecule has 0 radical (unpaired) electrons. The smallest absolute Gasteiger partial charge is 0.256 e. The third-order valence-corrected chi connectivity index (χ3v) is 4.73. The lowest BCUT2D eigenvalue weighted by molar-refractivity contribution is 0.101. The Morgan fingerprint density at radius 3 is 2.17 bits per heavy atom. The summed E-state index contributed by atoms with van der Waals surface area (Å²) in [6, 6.07) is 11.0. The van der Waals surface area contributed by atoms with Gasteiger partial charge in [-0.05, 0) is 83.0 Å². The summed E-state index contributed by atoms with van der Waals surface area (Å²) in [5, 5.41) is 4.95. The Labute approximate surface area is 172 Å². The molecular formula is C21H14BrF3N2O2. The van der Waals surface area contributed by atoms with E-state index in [0.29, 0.717) is 11.3 Å². The summed E-state index contributed by atoms with van der Waals surface area (Å²) in [4.78, 5) is 24.8. The molecule has 0 aliphatic carbocycles.